The molecule has 3 rings (SSSR count). The number of carbonyl (C=O) groups excluding carboxylic acids is 2. The van der Waals surface area contributed by atoms with Gasteiger partial charge in [0.25, 0.3) is 0 Å². The quantitative estimate of drug-likeness (QED) is 0.278. The molecule has 0 spiro atoms. The zero-order valence-electron chi connectivity index (χ0n) is 19.6. The van der Waals surface area contributed by atoms with Crippen LogP contribution in [0.25, 0.3) is 0 Å². The maximum atomic E-state index is 13.4. The van der Waals surface area contributed by atoms with Gasteiger partial charge in [0.15, 0.2) is 0 Å². The summed E-state index contributed by atoms with van der Waals surface area (Å²) in [6, 6.07) is 9.18. The van der Waals surface area contributed by atoms with Gasteiger partial charge in [0.2, 0.25) is 23.1 Å². The molecular formula is C27H33NO4S. The number of allylic oxidation sites excluding steroid dienone is 2. The van der Waals surface area contributed by atoms with E-state index in [0.717, 1.165) is 61.2 Å². The first-order valence-electron chi connectivity index (χ1n) is 12.0. The van der Waals surface area contributed by atoms with Crippen molar-refractivity contribution in [3.63, 3.8) is 0 Å². The lowest BCUT2D eigenvalue weighted by Crippen LogP contribution is -2.25. The Balaban J connectivity index is 1.80. The molecule has 5 nitrogen and oxygen atoms in total. The fourth-order valence-corrected chi connectivity index (χ4v) is 4.48. The molecule has 6 heteroatoms. The second-order valence-corrected chi connectivity index (χ2v) is 9.27. The Hall–Kier alpha value is -2.60. The molecule has 2 aromatic rings. The van der Waals surface area contributed by atoms with Gasteiger partial charge in [-0.2, -0.15) is 0 Å². The Morgan fingerprint density at radius 2 is 1.27 bits per heavy atom. The van der Waals surface area contributed by atoms with Gasteiger partial charge in [-0.3, -0.25) is 14.6 Å². The van der Waals surface area contributed by atoms with E-state index in [4.69, 9.17) is 9.47 Å². The molecule has 0 bridgehead atoms. The van der Waals surface area contributed by atoms with E-state index in [1.165, 1.54) is 11.8 Å². The van der Waals surface area contributed by atoms with E-state index in [1.807, 2.05) is 18.2 Å². The van der Waals surface area contributed by atoms with Crippen LogP contribution in [0.5, 0.6) is 0 Å². The summed E-state index contributed by atoms with van der Waals surface area (Å²) >= 11 is 1.52. The van der Waals surface area contributed by atoms with Crippen molar-refractivity contribution in [2.24, 2.45) is 0 Å². The number of pyridine rings is 1. The average molecular weight is 468 g/mol. The number of nitrogens with zero attached hydrogens (tertiary/aromatic N) is 1. The van der Waals surface area contributed by atoms with Crippen LogP contribution in [-0.2, 0) is 9.47 Å². The number of ketones is 2. The number of ether oxygens (including phenoxy) is 2. The van der Waals surface area contributed by atoms with Crippen LogP contribution in [0.15, 0.2) is 64.0 Å². The summed E-state index contributed by atoms with van der Waals surface area (Å²) < 4.78 is 11.7. The minimum atomic E-state index is -0.277. The summed E-state index contributed by atoms with van der Waals surface area (Å²) in [5, 5.41) is 0. The van der Waals surface area contributed by atoms with Gasteiger partial charge in [0.05, 0.1) is 13.2 Å². The summed E-state index contributed by atoms with van der Waals surface area (Å²) in [6.07, 6.45) is 11.7. The summed E-state index contributed by atoms with van der Waals surface area (Å²) in [6.45, 7) is 5.10. The highest BCUT2D eigenvalue weighted by molar-refractivity contribution is 7.99. The van der Waals surface area contributed by atoms with Crippen LogP contribution in [0.1, 0.15) is 85.9 Å². The third-order valence-corrected chi connectivity index (χ3v) is 6.47. The highest BCUT2D eigenvalue weighted by Gasteiger charge is 2.35. The predicted octanol–water partition coefficient (Wildman–Crippen LogP) is 7.02. The molecule has 0 N–H and O–H groups in total. The van der Waals surface area contributed by atoms with Crippen molar-refractivity contribution in [2.45, 2.75) is 75.0 Å². The van der Waals surface area contributed by atoms with Crippen LogP contribution in [0, 0.1) is 0 Å². The van der Waals surface area contributed by atoms with E-state index in [0.29, 0.717) is 24.3 Å². The molecule has 0 radical (unpaired) electrons. The highest BCUT2D eigenvalue weighted by Crippen LogP contribution is 2.34. The molecular weight excluding hydrogens is 434 g/mol. The van der Waals surface area contributed by atoms with Crippen LogP contribution >= 0.6 is 11.8 Å². The van der Waals surface area contributed by atoms with Crippen LogP contribution < -0.4 is 0 Å². The van der Waals surface area contributed by atoms with Gasteiger partial charge in [-0.25, -0.2) is 0 Å². The summed E-state index contributed by atoms with van der Waals surface area (Å²) in [7, 11) is 0. The maximum Gasteiger partial charge on any atom is 0.232 e. The monoisotopic (exact) mass is 467 g/mol. The molecule has 0 aliphatic heterocycles. The van der Waals surface area contributed by atoms with Crippen molar-refractivity contribution >= 4 is 23.3 Å². The zero-order chi connectivity index (χ0) is 23.5. The highest BCUT2D eigenvalue weighted by atomic mass is 32.2. The minimum absolute atomic E-state index is 0.0607. The third-order valence-electron chi connectivity index (χ3n) is 5.47. The molecule has 0 unspecified atom stereocenters. The van der Waals surface area contributed by atoms with Crippen LogP contribution in [0.4, 0.5) is 0 Å². The normalized spacial score (nSPS) is 13.3. The summed E-state index contributed by atoms with van der Waals surface area (Å²) in [4.78, 5) is 32.6. The largest absolute Gasteiger partial charge is 0.486 e. The Bertz CT molecular complexity index is 971. The molecule has 33 heavy (non-hydrogen) atoms. The number of unbranched alkanes of at least 4 members (excludes halogenated alkanes) is 6. The van der Waals surface area contributed by atoms with Gasteiger partial charge in [-0.1, -0.05) is 64.1 Å². The molecule has 1 aromatic heterocycles. The van der Waals surface area contributed by atoms with Crippen molar-refractivity contribution in [2.75, 3.05) is 13.2 Å². The van der Waals surface area contributed by atoms with E-state index in [2.05, 4.69) is 18.8 Å². The summed E-state index contributed by atoms with van der Waals surface area (Å²) in [5.41, 5.74) is 0.752. The molecule has 0 saturated carbocycles. The Morgan fingerprint density at radius 1 is 0.697 bits per heavy atom. The number of aromatic nitrogens is 1. The SMILES string of the molecule is CCCCCCOC1=C(OCCCCCC)C(=O)c2cc(Sc3ccncc3)ccc2C1=O. The van der Waals surface area contributed by atoms with Crippen molar-refractivity contribution in [3.05, 3.63) is 65.4 Å². The van der Waals surface area contributed by atoms with E-state index in [-0.39, 0.29) is 23.1 Å². The molecule has 0 atom stereocenters. The Kier molecular flexibility index (Phi) is 10.0. The van der Waals surface area contributed by atoms with Crippen molar-refractivity contribution < 1.29 is 19.1 Å². The fraction of sp³-hybridized carbons (Fsp3) is 0.444. The lowest BCUT2D eigenvalue weighted by Gasteiger charge is -2.22. The minimum Gasteiger partial charge on any atom is -0.486 e. The van der Waals surface area contributed by atoms with Gasteiger partial charge in [0, 0.05) is 33.3 Å². The molecule has 0 fully saturated rings. The number of fused-ring (bicyclic) bond motifs is 1. The second-order valence-electron chi connectivity index (χ2n) is 8.13. The average Bonchev–Trinajstić information content (AvgIpc) is 2.83. The molecule has 1 aromatic carbocycles. The van der Waals surface area contributed by atoms with Crippen LogP contribution in [0.3, 0.4) is 0 Å². The number of rotatable bonds is 14. The standard InChI is InChI=1S/C27H33NO4S/c1-3-5-7-9-17-31-26-24(29)22-12-11-21(33-20-13-15-28-16-14-20)19-23(22)25(30)27(26)32-18-10-8-6-4-2/h11-16,19H,3-10,17-18H2,1-2H3. The van der Waals surface area contributed by atoms with Gasteiger partial charge in [-0.05, 0) is 43.2 Å². The van der Waals surface area contributed by atoms with E-state index in [1.54, 1.807) is 24.5 Å². The number of hydrogen-bond acceptors (Lipinski definition) is 6. The van der Waals surface area contributed by atoms with Crippen molar-refractivity contribution in [1.82, 2.24) is 4.98 Å². The predicted molar refractivity (Wildman–Crippen MR) is 131 cm³/mol. The van der Waals surface area contributed by atoms with E-state index >= 15 is 0 Å². The van der Waals surface area contributed by atoms with Crippen LogP contribution in [0.2, 0.25) is 0 Å². The number of hydrogen-bond donors (Lipinski definition) is 0. The zero-order valence-corrected chi connectivity index (χ0v) is 20.4. The number of carbonyl (C=O) groups is 2. The van der Waals surface area contributed by atoms with Crippen molar-refractivity contribution in [1.29, 1.82) is 0 Å². The lowest BCUT2D eigenvalue weighted by atomic mass is 9.92. The van der Waals surface area contributed by atoms with Gasteiger partial charge in [0.1, 0.15) is 0 Å². The lowest BCUT2D eigenvalue weighted by molar-refractivity contribution is 0.0743. The first kappa shape index (κ1) is 25.0. The van der Waals surface area contributed by atoms with Gasteiger partial charge >= 0.3 is 0 Å². The molecule has 0 amide bonds. The number of benzene rings is 1. The van der Waals surface area contributed by atoms with Gasteiger partial charge < -0.3 is 9.47 Å². The molecule has 176 valence electrons. The van der Waals surface area contributed by atoms with E-state index < -0.39 is 0 Å². The Labute approximate surface area is 201 Å². The first-order valence-corrected chi connectivity index (χ1v) is 12.8. The van der Waals surface area contributed by atoms with Gasteiger partial charge in [-0.15, -0.1) is 0 Å². The van der Waals surface area contributed by atoms with E-state index in [9.17, 15) is 9.59 Å². The second kappa shape index (κ2) is 13.2. The maximum absolute atomic E-state index is 13.4. The number of Topliss-reactive ketones (excluding diaryl/α,β-unsaturated/α-hetero) is 2. The summed E-state index contributed by atoms with van der Waals surface area (Å²) in [5.74, 6) is -0.426. The Morgan fingerprint density at radius 3 is 1.85 bits per heavy atom. The molecule has 0 saturated heterocycles. The van der Waals surface area contributed by atoms with Crippen LogP contribution in [-0.4, -0.2) is 29.8 Å². The topological polar surface area (TPSA) is 65.5 Å². The molecule has 1 aliphatic rings. The fourth-order valence-electron chi connectivity index (χ4n) is 3.63. The molecule has 1 aliphatic carbocycles. The molecule has 1 heterocycles. The van der Waals surface area contributed by atoms with Crippen molar-refractivity contribution in [3.8, 4) is 0 Å². The first-order chi connectivity index (χ1) is 16.2. The third kappa shape index (κ3) is 6.94. The smallest absolute Gasteiger partial charge is 0.232 e.